The number of ether oxygens (including phenoxy) is 1. The van der Waals surface area contributed by atoms with Gasteiger partial charge in [-0.1, -0.05) is 0 Å². The lowest BCUT2D eigenvalue weighted by molar-refractivity contribution is -0.0110. The quantitative estimate of drug-likeness (QED) is 0.875. The number of nitrogens with zero attached hydrogens (tertiary/aromatic N) is 2. The minimum Gasteiger partial charge on any atom is -0.378 e. The molecule has 2 heterocycles. The van der Waals surface area contributed by atoms with Crippen LogP contribution in [0.2, 0.25) is 0 Å². The van der Waals surface area contributed by atoms with Crippen LogP contribution in [0.1, 0.15) is 23.5 Å². The average molecular weight is 267 g/mol. The molecule has 0 spiro atoms. The first-order valence-electron chi connectivity index (χ1n) is 6.77. The summed E-state index contributed by atoms with van der Waals surface area (Å²) in [5.41, 5.74) is 1.14. The maximum Gasteiger partial charge on any atom is 0.107 e. The number of morpholine rings is 1. The van der Waals surface area contributed by atoms with Crippen LogP contribution < -0.4 is 5.32 Å². The average Bonchev–Trinajstić information content (AvgIpc) is 3.12. The van der Waals surface area contributed by atoms with Crippen LogP contribution in [0.4, 0.5) is 0 Å². The second-order valence-electron chi connectivity index (χ2n) is 5.26. The highest BCUT2D eigenvalue weighted by Crippen LogP contribution is 2.20. The summed E-state index contributed by atoms with van der Waals surface area (Å²) in [6.45, 7) is 6.81. The fourth-order valence-electron chi connectivity index (χ4n) is 2.32. The summed E-state index contributed by atoms with van der Waals surface area (Å²) in [5.74, 6) is 0. The van der Waals surface area contributed by atoms with Gasteiger partial charge >= 0.3 is 0 Å². The van der Waals surface area contributed by atoms with E-state index in [-0.39, 0.29) is 0 Å². The van der Waals surface area contributed by atoms with Gasteiger partial charge in [0.1, 0.15) is 5.01 Å². The molecule has 1 N–H and O–H groups in total. The van der Waals surface area contributed by atoms with E-state index in [0.717, 1.165) is 44.6 Å². The first-order valence-corrected chi connectivity index (χ1v) is 7.65. The molecule has 1 aliphatic heterocycles. The maximum absolute atomic E-state index is 5.61. The van der Waals surface area contributed by atoms with E-state index in [1.165, 1.54) is 17.8 Å². The lowest BCUT2D eigenvalue weighted by atomic mass is 10.2. The zero-order valence-electron chi connectivity index (χ0n) is 10.9. The van der Waals surface area contributed by atoms with Crippen molar-refractivity contribution in [2.75, 3.05) is 26.3 Å². The number of thiazole rings is 1. The predicted molar refractivity (Wildman–Crippen MR) is 72.9 cm³/mol. The number of rotatable bonds is 5. The SMILES string of the molecule is Cc1csc(CN2CCOCC2CNC2CC2)n1. The second-order valence-corrected chi connectivity index (χ2v) is 6.21. The van der Waals surface area contributed by atoms with Crippen molar-refractivity contribution in [2.45, 2.75) is 38.4 Å². The number of hydrogen-bond donors (Lipinski definition) is 1. The molecule has 18 heavy (non-hydrogen) atoms. The summed E-state index contributed by atoms with van der Waals surface area (Å²) in [5, 5.41) is 6.97. The van der Waals surface area contributed by atoms with Gasteiger partial charge in [0.05, 0.1) is 19.8 Å². The molecule has 0 bridgehead atoms. The zero-order chi connectivity index (χ0) is 12.4. The molecule has 100 valence electrons. The third-order valence-electron chi connectivity index (χ3n) is 3.57. The Balaban J connectivity index is 1.56. The van der Waals surface area contributed by atoms with Gasteiger partial charge in [-0.05, 0) is 19.8 Å². The Morgan fingerprint density at radius 2 is 2.44 bits per heavy atom. The molecule has 1 aromatic rings. The van der Waals surface area contributed by atoms with E-state index in [1.54, 1.807) is 11.3 Å². The van der Waals surface area contributed by atoms with Crippen LogP contribution in [0.15, 0.2) is 5.38 Å². The molecule has 3 rings (SSSR count). The van der Waals surface area contributed by atoms with Crippen molar-refractivity contribution in [3.8, 4) is 0 Å². The highest BCUT2D eigenvalue weighted by Gasteiger charge is 2.27. The molecule has 1 aromatic heterocycles. The van der Waals surface area contributed by atoms with Crippen LogP contribution in [0, 0.1) is 6.92 Å². The molecule has 1 unspecified atom stereocenters. The Bertz CT molecular complexity index is 391. The van der Waals surface area contributed by atoms with Crippen LogP contribution >= 0.6 is 11.3 Å². The normalized spacial score (nSPS) is 25.5. The minimum atomic E-state index is 0.503. The number of nitrogens with one attached hydrogen (secondary N) is 1. The van der Waals surface area contributed by atoms with E-state index in [0.29, 0.717) is 6.04 Å². The molecule has 0 aromatic carbocycles. The monoisotopic (exact) mass is 267 g/mol. The van der Waals surface area contributed by atoms with Crippen molar-refractivity contribution < 1.29 is 4.74 Å². The molecule has 0 radical (unpaired) electrons. The molecule has 2 fully saturated rings. The summed E-state index contributed by atoms with van der Waals surface area (Å²) in [7, 11) is 0. The van der Waals surface area contributed by atoms with Crippen LogP contribution in [0.3, 0.4) is 0 Å². The highest BCUT2D eigenvalue weighted by atomic mass is 32.1. The Morgan fingerprint density at radius 1 is 1.56 bits per heavy atom. The van der Waals surface area contributed by atoms with Crippen molar-refractivity contribution in [3.05, 3.63) is 16.1 Å². The summed E-state index contributed by atoms with van der Waals surface area (Å²) in [6, 6.07) is 1.28. The first kappa shape index (κ1) is 12.5. The Morgan fingerprint density at radius 3 is 3.17 bits per heavy atom. The Kier molecular flexibility index (Phi) is 3.94. The lowest BCUT2D eigenvalue weighted by Crippen LogP contribution is -2.50. The highest BCUT2D eigenvalue weighted by molar-refractivity contribution is 7.09. The van der Waals surface area contributed by atoms with E-state index in [2.05, 4.69) is 27.5 Å². The summed E-state index contributed by atoms with van der Waals surface area (Å²) in [4.78, 5) is 7.07. The summed E-state index contributed by atoms with van der Waals surface area (Å²) < 4.78 is 5.61. The van der Waals surface area contributed by atoms with Crippen molar-refractivity contribution in [3.63, 3.8) is 0 Å². The van der Waals surface area contributed by atoms with Crippen molar-refractivity contribution in [1.82, 2.24) is 15.2 Å². The van der Waals surface area contributed by atoms with E-state index >= 15 is 0 Å². The minimum absolute atomic E-state index is 0.503. The van der Waals surface area contributed by atoms with Gasteiger partial charge in [-0.25, -0.2) is 4.98 Å². The maximum atomic E-state index is 5.61. The molecule has 4 nitrogen and oxygen atoms in total. The summed E-state index contributed by atoms with van der Waals surface area (Å²) >= 11 is 1.77. The number of hydrogen-bond acceptors (Lipinski definition) is 5. The third kappa shape index (κ3) is 3.29. The molecule has 2 aliphatic rings. The van der Waals surface area contributed by atoms with Crippen molar-refractivity contribution >= 4 is 11.3 Å². The topological polar surface area (TPSA) is 37.4 Å². The van der Waals surface area contributed by atoms with Crippen LogP contribution in [-0.4, -0.2) is 48.3 Å². The molecule has 1 atom stereocenters. The molecular weight excluding hydrogens is 246 g/mol. The van der Waals surface area contributed by atoms with Crippen molar-refractivity contribution in [2.24, 2.45) is 0 Å². The standard InChI is InChI=1S/C13H21N3OS/c1-10-9-18-13(15-10)7-16-4-5-17-8-12(16)6-14-11-2-3-11/h9,11-12,14H,2-8H2,1H3. The second kappa shape index (κ2) is 5.65. The molecule has 0 amide bonds. The van der Waals surface area contributed by atoms with Gasteiger partial charge in [0.2, 0.25) is 0 Å². The molecular formula is C13H21N3OS. The largest absolute Gasteiger partial charge is 0.378 e. The van der Waals surface area contributed by atoms with Gasteiger partial charge in [-0.2, -0.15) is 0 Å². The van der Waals surface area contributed by atoms with Gasteiger partial charge in [0.25, 0.3) is 0 Å². The zero-order valence-corrected chi connectivity index (χ0v) is 11.7. The summed E-state index contributed by atoms with van der Waals surface area (Å²) in [6.07, 6.45) is 2.69. The molecule has 1 aliphatic carbocycles. The fraction of sp³-hybridized carbons (Fsp3) is 0.769. The van der Waals surface area contributed by atoms with E-state index < -0.39 is 0 Å². The van der Waals surface area contributed by atoms with Crippen LogP contribution in [0.5, 0.6) is 0 Å². The number of aryl methyl sites for hydroxylation is 1. The lowest BCUT2D eigenvalue weighted by Gasteiger charge is -2.35. The first-order chi connectivity index (χ1) is 8.81. The molecule has 5 heteroatoms. The van der Waals surface area contributed by atoms with E-state index in [9.17, 15) is 0 Å². The smallest absolute Gasteiger partial charge is 0.107 e. The number of aromatic nitrogens is 1. The van der Waals surface area contributed by atoms with E-state index in [4.69, 9.17) is 4.74 Å². The van der Waals surface area contributed by atoms with Gasteiger partial charge < -0.3 is 10.1 Å². The molecule has 1 saturated heterocycles. The van der Waals surface area contributed by atoms with Gasteiger partial charge in [-0.15, -0.1) is 11.3 Å². The third-order valence-corrected chi connectivity index (χ3v) is 4.53. The molecule has 1 saturated carbocycles. The van der Waals surface area contributed by atoms with E-state index in [1.807, 2.05) is 0 Å². The van der Waals surface area contributed by atoms with Gasteiger partial charge in [0.15, 0.2) is 0 Å². The van der Waals surface area contributed by atoms with Crippen LogP contribution in [-0.2, 0) is 11.3 Å². The Labute approximate surface area is 112 Å². The van der Waals surface area contributed by atoms with Crippen LogP contribution in [0.25, 0.3) is 0 Å². The fourth-order valence-corrected chi connectivity index (χ4v) is 3.12. The predicted octanol–water partition coefficient (Wildman–Crippen LogP) is 1.40. The Hall–Kier alpha value is -0.490. The van der Waals surface area contributed by atoms with Gasteiger partial charge in [0, 0.05) is 36.2 Å². The van der Waals surface area contributed by atoms with Gasteiger partial charge in [-0.3, -0.25) is 4.90 Å². The van der Waals surface area contributed by atoms with Crippen molar-refractivity contribution in [1.29, 1.82) is 0 Å².